The lowest BCUT2D eigenvalue weighted by atomic mass is 10.1. The molecule has 6 heteroatoms. The molecule has 0 aliphatic carbocycles. The van der Waals surface area contributed by atoms with E-state index in [1.807, 2.05) is 48.5 Å². The van der Waals surface area contributed by atoms with Gasteiger partial charge < -0.3 is 23.6 Å². The van der Waals surface area contributed by atoms with Crippen LogP contribution >= 0.6 is 0 Å². The minimum atomic E-state index is -0.768. The van der Waals surface area contributed by atoms with Gasteiger partial charge in [-0.15, -0.1) is 0 Å². The van der Waals surface area contributed by atoms with Crippen LogP contribution in [-0.2, 0) is 4.74 Å². The summed E-state index contributed by atoms with van der Waals surface area (Å²) in [6, 6.07) is 15.1. The van der Waals surface area contributed by atoms with E-state index < -0.39 is 6.16 Å². The van der Waals surface area contributed by atoms with Crippen molar-refractivity contribution in [3.63, 3.8) is 0 Å². The molecule has 2 aromatic heterocycles. The molecule has 4 aromatic rings. The van der Waals surface area contributed by atoms with Crippen LogP contribution < -0.4 is 9.47 Å². The predicted octanol–water partition coefficient (Wildman–Crippen LogP) is 5.13. The molecule has 1 N–H and O–H groups in total. The van der Waals surface area contributed by atoms with Crippen molar-refractivity contribution in [1.29, 1.82) is 0 Å². The summed E-state index contributed by atoms with van der Waals surface area (Å²) in [6.45, 7) is 1.95. The van der Waals surface area contributed by atoms with Gasteiger partial charge in [0.25, 0.3) is 0 Å². The summed E-state index contributed by atoms with van der Waals surface area (Å²) >= 11 is 0. The maximum Gasteiger partial charge on any atom is 0.515 e. The van der Waals surface area contributed by atoms with Gasteiger partial charge in [0, 0.05) is 5.39 Å². The number of rotatable bonds is 4. The molecule has 0 amide bonds. The van der Waals surface area contributed by atoms with Crippen LogP contribution in [-0.4, -0.2) is 24.9 Å². The van der Waals surface area contributed by atoms with Crippen LogP contribution in [0.1, 0.15) is 6.92 Å². The smallest absolute Gasteiger partial charge is 0.497 e. The number of methoxy groups -OCH3 is 1. The van der Waals surface area contributed by atoms with E-state index in [0.717, 1.165) is 27.8 Å². The Labute approximate surface area is 149 Å². The first-order valence-electron chi connectivity index (χ1n) is 8.23. The standard InChI is InChI=1S/C20H17NO5/c1-3-24-20(22)26-19-16(12-8-10-13(23-2)11-9-12)18-17(21-19)14-6-4-5-7-15(14)25-18/h4-11,21H,3H2,1-2H3. The second kappa shape index (κ2) is 6.48. The van der Waals surface area contributed by atoms with Gasteiger partial charge in [0.1, 0.15) is 11.3 Å². The Morgan fingerprint density at radius 1 is 1.12 bits per heavy atom. The number of aromatic nitrogens is 1. The number of benzene rings is 2. The lowest BCUT2D eigenvalue weighted by Gasteiger charge is -2.06. The normalized spacial score (nSPS) is 11.0. The van der Waals surface area contributed by atoms with E-state index in [1.165, 1.54) is 0 Å². The number of carbonyl (C=O) groups excluding carboxylic acids is 1. The number of furan rings is 1. The van der Waals surface area contributed by atoms with Gasteiger partial charge >= 0.3 is 6.16 Å². The Kier molecular flexibility index (Phi) is 4.01. The topological polar surface area (TPSA) is 73.7 Å². The highest BCUT2D eigenvalue weighted by atomic mass is 16.7. The molecule has 0 radical (unpaired) electrons. The maximum atomic E-state index is 11.8. The molecule has 2 aromatic carbocycles. The van der Waals surface area contributed by atoms with Gasteiger partial charge in [0.05, 0.1) is 24.8 Å². The molecule has 0 saturated carbocycles. The van der Waals surface area contributed by atoms with Crippen molar-refractivity contribution in [3.05, 3.63) is 48.5 Å². The lowest BCUT2D eigenvalue weighted by Crippen LogP contribution is -2.10. The quantitative estimate of drug-likeness (QED) is 0.516. The highest BCUT2D eigenvalue weighted by Gasteiger charge is 2.23. The van der Waals surface area contributed by atoms with Gasteiger partial charge in [-0.2, -0.15) is 0 Å². The second-order valence-electron chi connectivity index (χ2n) is 5.65. The summed E-state index contributed by atoms with van der Waals surface area (Å²) in [4.78, 5) is 15.0. The molecule has 2 heterocycles. The first-order valence-corrected chi connectivity index (χ1v) is 8.23. The number of ether oxygens (including phenoxy) is 3. The molecule has 0 bridgehead atoms. The molecule has 26 heavy (non-hydrogen) atoms. The minimum Gasteiger partial charge on any atom is -0.497 e. The largest absolute Gasteiger partial charge is 0.515 e. The van der Waals surface area contributed by atoms with E-state index in [9.17, 15) is 4.79 Å². The van der Waals surface area contributed by atoms with Crippen LogP contribution in [0.25, 0.3) is 33.2 Å². The number of aromatic amines is 1. The van der Waals surface area contributed by atoms with Crippen LogP contribution in [0.15, 0.2) is 52.9 Å². The van der Waals surface area contributed by atoms with E-state index in [-0.39, 0.29) is 12.5 Å². The fraction of sp³-hybridized carbons (Fsp3) is 0.150. The van der Waals surface area contributed by atoms with Gasteiger partial charge in [0.2, 0.25) is 5.88 Å². The lowest BCUT2D eigenvalue weighted by molar-refractivity contribution is 0.103. The zero-order valence-electron chi connectivity index (χ0n) is 14.4. The molecule has 6 nitrogen and oxygen atoms in total. The fourth-order valence-electron chi connectivity index (χ4n) is 2.95. The number of carbonyl (C=O) groups is 1. The van der Waals surface area contributed by atoms with E-state index in [2.05, 4.69) is 4.98 Å². The number of H-pyrrole nitrogens is 1. The van der Waals surface area contributed by atoms with Crippen molar-refractivity contribution in [2.75, 3.05) is 13.7 Å². The van der Waals surface area contributed by atoms with Gasteiger partial charge in [-0.25, -0.2) is 4.79 Å². The Morgan fingerprint density at radius 3 is 2.62 bits per heavy atom. The molecule has 0 aliphatic heterocycles. The third-order valence-electron chi connectivity index (χ3n) is 4.11. The first-order chi connectivity index (χ1) is 12.7. The molecular formula is C20H17NO5. The van der Waals surface area contributed by atoms with E-state index in [4.69, 9.17) is 18.6 Å². The fourth-order valence-corrected chi connectivity index (χ4v) is 2.95. The molecule has 0 aliphatic rings. The third-order valence-corrected chi connectivity index (χ3v) is 4.11. The Balaban J connectivity index is 1.91. The molecule has 132 valence electrons. The average Bonchev–Trinajstić information content (AvgIpc) is 3.17. The number of nitrogens with one attached hydrogen (secondary N) is 1. The molecule has 0 fully saturated rings. The van der Waals surface area contributed by atoms with Gasteiger partial charge in [-0.1, -0.05) is 24.3 Å². The monoisotopic (exact) mass is 351 g/mol. The Morgan fingerprint density at radius 2 is 1.88 bits per heavy atom. The molecule has 0 atom stereocenters. The van der Waals surface area contributed by atoms with Crippen molar-refractivity contribution < 1.29 is 23.4 Å². The van der Waals surface area contributed by atoms with Crippen LogP contribution in [0, 0.1) is 0 Å². The van der Waals surface area contributed by atoms with Crippen LogP contribution in [0.5, 0.6) is 11.6 Å². The van der Waals surface area contributed by atoms with E-state index in [0.29, 0.717) is 11.1 Å². The predicted molar refractivity (Wildman–Crippen MR) is 97.7 cm³/mol. The SMILES string of the molecule is CCOC(=O)Oc1[nH]c2c(oc3ccccc32)c1-c1ccc(OC)cc1. The first kappa shape index (κ1) is 16.1. The van der Waals surface area contributed by atoms with Crippen molar-refractivity contribution >= 4 is 28.2 Å². The van der Waals surface area contributed by atoms with Gasteiger partial charge in [-0.3, -0.25) is 0 Å². The summed E-state index contributed by atoms with van der Waals surface area (Å²) in [7, 11) is 1.61. The number of hydrogen-bond acceptors (Lipinski definition) is 5. The van der Waals surface area contributed by atoms with Gasteiger partial charge in [-0.05, 0) is 36.8 Å². The third kappa shape index (κ3) is 2.65. The molecular weight excluding hydrogens is 334 g/mol. The summed E-state index contributed by atoms with van der Waals surface area (Å²) in [5.41, 5.74) is 3.63. The number of para-hydroxylation sites is 1. The summed E-state index contributed by atoms with van der Waals surface area (Å²) in [5.74, 6) is 1.02. The van der Waals surface area contributed by atoms with E-state index in [1.54, 1.807) is 14.0 Å². The zero-order chi connectivity index (χ0) is 18.1. The molecule has 0 unspecified atom stereocenters. The average molecular weight is 351 g/mol. The van der Waals surface area contributed by atoms with Crippen molar-refractivity contribution in [2.45, 2.75) is 6.92 Å². The number of hydrogen-bond donors (Lipinski definition) is 1. The summed E-state index contributed by atoms with van der Waals surface area (Å²) in [5, 5.41) is 0.913. The van der Waals surface area contributed by atoms with Crippen molar-refractivity contribution in [1.82, 2.24) is 4.98 Å². The zero-order valence-corrected chi connectivity index (χ0v) is 14.4. The van der Waals surface area contributed by atoms with Crippen LogP contribution in [0.4, 0.5) is 4.79 Å². The second-order valence-corrected chi connectivity index (χ2v) is 5.65. The highest BCUT2D eigenvalue weighted by Crippen LogP contribution is 2.42. The summed E-state index contributed by atoms with van der Waals surface area (Å²) < 4.78 is 21.5. The van der Waals surface area contributed by atoms with Crippen molar-refractivity contribution in [3.8, 4) is 22.8 Å². The van der Waals surface area contributed by atoms with Crippen molar-refractivity contribution in [2.24, 2.45) is 0 Å². The van der Waals surface area contributed by atoms with Crippen LogP contribution in [0.2, 0.25) is 0 Å². The minimum absolute atomic E-state index is 0.233. The summed E-state index contributed by atoms with van der Waals surface area (Å²) in [6.07, 6.45) is -0.768. The maximum absolute atomic E-state index is 11.8. The molecule has 0 saturated heterocycles. The number of fused-ring (bicyclic) bond motifs is 3. The van der Waals surface area contributed by atoms with E-state index >= 15 is 0 Å². The highest BCUT2D eigenvalue weighted by molar-refractivity contribution is 6.10. The van der Waals surface area contributed by atoms with Crippen LogP contribution in [0.3, 0.4) is 0 Å². The Hall–Kier alpha value is -3.41. The Bertz CT molecular complexity index is 1070. The molecule has 0 spiro atoms. The van der Waals surface area contributed by atoms with Gasteiger partial charge in [0.15, 0.2) is 5.58 Å². The molecule has 4 rings (SSSR count).